The summed E-state index contributed by atoms with van der Waals surface area (Å²) in [6, 6.07) is 7.47. The molecule has 0 spiro atoms. The molecule has 130 valence electrons. The van der Waals surface area contributed by atoms with E-state index in [4.69, 9.17) is 0 Å². The van der Waals surface area contributed by atoms with Gasteiger partial charge in [-0.1, -0.05) is 19.9 Å². The van der Waals surface area contributed by atoms with Crippen LogP contribution in [0.15, 0.2) is 35.3 Å². The largest absolute Gasteiger partial charge is 0.307 e. The lowest BCUT2D eigenvalue weighted by molar-refractivity contribution is 0.356. The Labute approximate surface area is 145 Å². The monoisotopic (exact) mass is 338 g/mol. The standard InChI is InChI=1S/C18H22N6O/c1-12(2)18-21-16-7-6-13(11-24(16)22-18)19-10-14-9-17(25)23-8-4-3-5-15(23)20-14/h3-5,8-9,12-13,19H,6-7,10-11H2,1-2H3/t13-/m1/s1. The molecular formula is C18H22N6O. The smallest absolute Gasteiger partial charge is 0.258 e. The first-order valence-electron chi connectivity index (χ1n) is 8.74. The van der Waals surface area contributed by atoms with E-state index in [1.54, 1.807) is 16.7 Å². The molecule has 0 radical (unpaired) electrons. The van der Waals surface area contributed by atoms with Crippen LogP contribution in [-0.2, 0) is 19.5 Å². The van der Waals surface area contributed by atoms with E-state index in [9.17, 15) is 4.79 Å². The van der Waals surface area contributed by atoms with Crippen molar-refractivity contribution >= 4 is 5.65 Å². The quantitative estimate of drug-likeness (QED) is 0.780. The molecule has 7 heteroatoms. The van der Waals surface area contributed by atoms with Crippen LogP contribution in [0.4, 0.5) is 0 Å². The van der Waals surface area contributed by atoms with E-state index in [0.29, 0.717) is 24.2 Å². The normalized spacial score (nSPS) is 17.2. The molecule has 0 saturated carbocycles. The minimum atomic E-state index is -0.0498. The van der Waals surface area contributed by atoms with Crippen molar-refractivity contribution in [1.29, 1.82) is 0 Å². The molecule has 1 N–H and O–H groups in total. The summed E-state index contributed by atoms with van der Waals surface area (Å²) in [4.78, 5) is 21.3. The van der Waals surface area contributed by atoms with Crippen LogP contribution in [0.2, 0.25) is 0 Å². The van der Waals surface area contributed by atoms with Gasteiger partial charge in [0.1, 0.15) is 11.5 Å². The zero-order valence-corrected chi connectivity index (χ0v) is 14.5. The molecule has 1 atom stereocenters. The molecule has 0 aromatic carbocycles. The van der Waals surface area contributed by atoms with Crippen molar-refractivity contribution in [3.63, 3.8) is 0 Å². The molecule has 1 aliphatic heterocycles. The second-order valence-corrected chi connectivity index (χ2v) is 6.85. The fourth-order valence-electron chi connectivity index (χ4n) is 3.18. The highest BCUT2D eigenvalue weighted by Crippen LogP contribution is 2.17. The molecule has 0 fully saturated rings. The van der Waals surface area contributed by atoms with E-state index in [0.717, 1.165) is 36.7 Å². The first kappa shape index (κ1) is 16.0. The van der Waals surface area contributed by atoms with Crippen LogP contribution in [0.3, 0.4) is 0 Å². The van der Waals surface area contributed by atoms with Crippen LogP contribution in [0.1, 0.15) is 43.5 Å². The zero-order chi connectivity index (χ0) is 17.4. The molecule has 4 heterocycles. The van der Waals surface area contributed by atoms with E-state index in [1.165, 1.54) is 0 Å². The molecule has 7 nitrogen and oxygen atoms in total. The summed E-state index contributed by atoms with van der Waals surface area (Å²) in [5, 5.41) is 8.12. The van der Waals surface area contributed by atoms with Crippen molar-refractivity contribution in [2.45, 2.75) is 51.7 Å². The molecule has 0 unspecified atom stereocenters. The lowest BCUT2D eigenvalue weighted by Gasteiger charge is -2.23. The molecule has 3 aromatic heterocycles. The molecule has 0 bridgehead atoms. The number of rotatable bonds is 4. The highest BCUT2D eigenvalue weighted by atomic mass is 16.1. The number of aryl methyl sites for hydroxylation is 1. The maximum atomic E-state index is 12.2. The molecule has 0 amide bonds. The molecule has 0 aliphatic carbocycles. The second-order valence-electron chi connectivity index (χ2n) is 6.85. The predicted octanol–water partition coefficient (Wildman–Crippen LogP) is 1.51. The van der Waals surface area contributed by atoms with Gasteiger partial charge >= 0.3 is 0 Å². The van der Waals surface area contributed by atoms with E-state index >= 15 is 0 Å². The van der Waals surface area contributed by atoms with Gasteiger partial charge in [-0.3, -0.25) is 9.20 Å². The van der Waals surface area contributed by atoms with Gasteiger partial charge in [-0.05, 0) is 18.6 Å². The average Bonchev–Trinajstić information content (AvgIpc) is 3.04. The Morgan fingerprint density at radius 1 is 1.32 bits per heavy atom. The number of nitrogens with zero attached hydrogens (tertiary/aromatic N) is 5. The van der Waals surface area contributed by atoms with Crippen LogP contribution in [0.25, 0.3) is 5.65 Å². The first-order valence-corrected chi connectivity index (χ1v) is 8.74. The summed E-state index contributed by atoms with van der Waals surface area (Å²) < 4.78 is 3.57. The molecular weight excluding hydrogens is 316 g/mol. The van der Waals surface area contributed by atoms with Gasteiger partial charge in [0.15, 0.2) is 5.82 Å². The molecule has 3 aromatic rings. The van der Waals surface area contributed by atoms with E-state index in [-0.39, 0.29) is 5.56 Å². The van der Waals surface area contributed by atoms with Crippen molar-refractivity contribution in [2.24, 2.45) is 0 Å². The Hall–Kier alpha value is -2.54. The van der Waals surface area contributed by atoms with Crippen molar-refractivity contribution in [3.05, 3.63) is 58.2 Å². The lowest BCUT2D eigenvalue weighted by Crippen LogP contribution is -2.37. The van der Waals surface area contributed by atoms with Crippen LogP contribution in [0, 0.1) is 0 Å². The summed E-state index contributed by atoms with van der Waals surface area (Å²) in [6.45, 7) is 5.61. The van der Waals surface area contributed by atoms with E-state index in [1.807, 2.05) is 22.9 Å². The number of aromatic nitrogens is 5. The van der Waals surface area contributed by atoms with Crippen LogP contribution < -0.4 is 10.9 Å². The number of nitrogens with one attached hydrogen (secondary N) is 1. The predicted molar refractivity (Wildman–Crippen MR) is 94.5 cm³/mol. The van der Waals surface area contributed by atoms with Gasteiger partial charge in [0.2, 0.25) is 0 Å². The Kier molecular flexibility index (Phi) is 4.09. The third-order valence-corrected chi connectivity index (χ3v) is 4.59. The Balaban J connectivity index is 1.46. The molecule has 4 rings (SSSR count). The Bertz CT molecular complexity index is 958. The first-order chi connectivity index (χ1) is 12.1. The maximum Gasteiger partial charge on any atom is 0.258 e. The maximum absolute atomic E-state index is 12.2. The average molecular weight is 338 g/mol. The third-order valence-electron chi connectivity index (χ3n) is 4.59. The van der Waals surface area contributed by atoms with E-state index < -0.39 is 0 Å². The Morgan fingerprint density at radius 3 is 3.04 bits per heavy atom. The number of pyridine rings is 1. The van der Waals surface area contributed by atoms with Crippen LogP contribution >= 0.6 is 0 Å². The SMILES string of the molecule is CC(C)c1nc2n(n1)C[C@H](NCc1cc(=O)n3ccccc3n1)CC2. The topological polar surface area (TPSA) is 77.1 Å². The van der Waals surface area contributed by atoms with Gasteiger partial charge in [0, 0.05) is 37.2 Å². The van der Waals surface area contributed by atoms with Gasteiger partial charge in [-0.2, -0.15) is 5.10 Å². The molecule has 25 heavy (non-hydrogen) atoms. The van der Waals surface area contributed by atoms with Crippen molar-refractivity contribution < 1.29 is 0 Å². The van der Waals surface area contributed by atoms with Crippen molar-refractivity contribution in [3.8, 4) is 0 Å². The summed E-state index contributed by atoms with van der Waals surface area (Å²) >= 11 is 0. The minimum Gasteiger partial charge on any atom is -0.307 e. The van der Waals surface area contributed by atoms with Gasteiger partial charge < -0.3 is 5.32 Å². The fraction of sp³-hybridized carbons (Fsp3) is 0.444. The van der Waals surface area contributed by atoms with Gasteiger partial charge in [-0.15, -0.1) is 0 Å². The van der Waals surface area contributed by atoms with E-state index in [2.05, 4.69) is 34.2 Å². The highest BCUT2D eigenvalue weighted by Gasteiger charge is 2.22. The lowest BCUT2D eigenvalue weighted by atomic mass is 10.1. The molecule has 0 saturated heterocycles. The summed E-state index contributed by atoms with van der Waals surface area (Å²) in [5.74, 6) is 2.34. The minimum absolute atomic E-state index is 0.0498. The Morgan fingerprint density at radius 2 is 2.20 bits per heavy atom. The fourth-order valence-corrected chi connectivity index (χ4v) is 3.18. The van der Waals surface area contributed by atoms with Crippen molar-refractivity contribution in [2.75, 3.05) is 0 Å². The zero-order valence-electron chi connectivity index (χ0n) is 14.5. The van der Waals surface area contributed by atoms with Crippen molar-refractivity contribution in [1.82, 2.24) is 29.5 Å². The summed E-state index contributed by atoms with van der Waals surface area (Å²) in [5.41, 5.74) is 1.39. The number of hydrogen-bond acceptors (Lipinski definition) is 5. The summed E-state index contributed by atoms with van der Waals surface area (Å²) in [7, 11) is 0. The molecule has 1 aliphatic rings. The summed E-state index contributed by atoms with van der Waals surface area (Å²) in [6.07, 6.45) is 3.68. The van der Waals surface area contributed by atoms with Crippen LogP contribution in [0.5, 0.6) is 0 Å². The number of fused-ring (bicyclic) bond motifs is 2. The highest BCUT2D eigenvalue weighted by molar-refractivity contribution is 5.37. The number of hydrogen-bond donors (Lipinski definition) is 1. The van der Waals surface area contributed by atoms with Gasteiger partial charge in [0.05, 0.1) is 12.2 Å². The van der Waals surface area contributed by atoms with Gasteiger partial charge in [-0.25, -0.2) is 14.6 Å². The van der Waals surface area contributed by atoms with Crippen LogP contribution in [-0.4, -0.2) is 30.2 Å². The second kappa shape index (κ2) is 6.40. The van der Waals surface area contributed by atoms with Gasteiger partial charge in [0.25, 0.3) is 5.56 Å². The third kappa shape index (κ3) is 3.19.